The van der Waals surface area contributed by atoms with E-state index >= 15 is 0 Å². The summed E-state index contributed by atoms with van der Waals surface area (Å²) in [6.07, 6.45) is 4.53. The summed E-state index contributed by atoms with van der Waals surface area (Å²) in [5.41, 5.74) is 1.57. The number of ether oxygens (including phenoxy) is 2. The van der Waals surface area contributed by atoms with E-state index in [0.29, 0.717) is 39.4 Å². The molecule has 0 amide bonds. The minimum absolute atomic E-state index is 0.112. The Bertz CT molecular complexity index is 1600. The maximum atomic E-state index is 13.1. The summed E-state index contributed by atoms with van der Waals surface area (Å²) in [5.74, 6) is 1.21. The average molecular weight is 538 g/mol. The quantitative estimate of drug-likeness (QED) is 0.345. The van der Waals surface area contributed by atoms with Crippen LogP contribution in [0.3, 0.4) is 0 Å². The van der Waals surface area contributed by atoms with Crippen LogP contribution in [0.1, 0.15) is 28.8 Å². The number of aryl methyl sites for hydroxylation is 1. The van der Waals surface area contributed by atoms with Crippen LogP contribution in [-0.4, -0.2) is 57.6 Å². The van der Waals surface area contributed by atoms with Gasteiger partial charge in [0.05, 0.1) is 35.6 Å². The lowest BCUT2D eigenvalue weighted by Crippen LogP contribution is -2.22. The first-order chi connectivity index (χ1) is 17.9. The van der Waals surface area contributed by atoms with Gasteiger partial charge < -0.3 is 9.47 Å². The van der Waals surface area contributed by atoms with Crippen molar-refractivity contribution in [2.24, 2.45) is 0 Å². The first kappa shape index (κ1) is 24.6. The lowest BCUT2D eigenvalue weighted by molar-refractivity contribution is 0.263. The average Bonchev–Trinajstić information content (AvgIpc) is 3.22. The van der Waals surface area contributed by atoms with E-state index in [2.05, 4.69) is 31.2 Å². The fraction of sp³-hybridized carbons (Fsp3) is 0.250. The second-order valence-corrected chi connectivity index (χ2v) is 10.8. The number of sulfone groups is 1. The highest BCUT2D eigenvalue weighted by Gasteiger charge is 2.33. The van der Waals surface area contributed by atoms with E-state index in [1.807, 2.05) is 6.07 Å². The van der Waals surface area contributed by atoms with Crippen LogP contribution in [0, 0.1) is 11.3 Å². The van der Waals surface area contributed by atoms with Gasteiger partial charge in [0.25, 0.3) is 0 Å². The zero-order valence-corrected chi connectivity index (χ0v) is 21.1. The standard InChI is InChI=1S/C24H20ClN7O4S/c1-35-19-5-7-27-22-23(19)36-13-18(16-4-2-3-15(9-16)10-26)32-21(30-31-24(22)32)14-37(33,34)8-6-20-28-11-17(25)12-29-20/h2-5,7,9,11-12,18H,6,8,13-14H2,1H3/t18-/m1/s1. The van der Waals surface area contributed by atoms with Crippen molar-refractivity contribution in [3.05, 3.63) is 76.7 Å². The lowest BCUT2D eigenvalue weighted by atomic mass is 10.0. The van der Waals surface area contributed by atoms with Gasteiger partial charge in [0, 0.05) is 31.1 Å². The number of benzene rings is 1. The highest BCUT2D eigenvalue weighted by atomic mass is 35.5. The lowest BCUT2D eigenvalue weighted by Gasteiger charge is -2.20. The molecule has 188 valence electrons. The Hall–Kier alpha value is -4.08. The number of rotatable bonds is 7. The maximum absolute atomic E-state index is 13.1. The van der Waals surface area contributed by atoms with E-state index in [4.69, 9.17) is 21.1 Å². The summed E-state index contributed by atoms with van der Waals surface area (Å²) in [7, 11) is -2.12. The van der Waals surface area contributed by atoms with Gasteiger partial charge in [-0.2, -0.15) is 5.26 Å². The molecule has 5 rings (SSSR count). The highest BCUT2D eigenvalue weighted by Crippen LogP contribution is 2.41. The third-order valence-corrected chi connectivity index (χ3v) is 7.54. The molecule has 1 aliphatic heterocycles. The van der Waals surface area contributed by atoms with Crippen molar-refractivity contribution < 1.29 is 17.9 Å². The van der Waals surface area contributed by atoms with E-state index in [9.17, 15) is 13.7 Å². The van der Waals surface area contributed by atoms with Crippen molar-refractivity contribution >= 4 is 21.4 Å². The van der Waals surface area contributed by atoms with Gasteiger partial charge in [-0.25, -0.2) is 23.4 Å². The zero-order valence-electron chi connectivity index (χ0n) is 19.6. The van der Waals surface area contributed by atoms with Crippen molar-refractivity contribution in [3.63, 3.8) is 0 Å². The molecule has 3 aromatic heterocycles. The van der Waals surface area contributed by atoms with E-state index in [0.717, 1.165) is 5.56 Å². The molecule has 0 spiro atoms. The monoisotopic (exact) mass is 537 g/mol. The van der Waals surface area contributed by atoms with Crippen LogP contribution in [0.25, 0.3) is 11.5 Å². The molecular weight excluding hydrogens is 518 g/mol. The van der Waals surface area contributed by atoms with Gasteiger partial charge in [-0.05, 0) is 17.7 Å². The van der Waals surface area contributed by atoms with Crippen molar-refractivity contribution in [3.8, 4) is 29.1 Å². The number of aromatic nitrogens is 6. The van der Waals surface area contributed by atoms with Crippen LogP contribution < -0.4 is 9.47 Å². The Balaban J connectivity index is 1.55. The molecule has 0 radical (unpaired) electrons. The molecule has 0 fully saturated rings. The fourth-order valence-corrected chi connectivity index (χ4v) is 5.41. The summed E-state index contributed by atoms with van der Waals surface area (Å²) in [6.45, 7) is 0.112. The molecule has 4 aromatic rings. The Kier molecular flexibility index (Phi) is 6.73. The second kappa shape index (κ2) is 10.1. The largest absolute Gasteiger partial charge is 0.493 e. The van der Waals surface area contributed by atoms with Crippen molar-refractivity contribution in [2.45, 2.75) is 18.2 Å². The molecule has 0 N–H and O–H groups in total. The van der Waals surface area contributed by atoms with Crippen molar-refractivity contribution in [2.75, 3.05) is 19.5 Å². The molecule has 1 aliphatic rings. The number of methoxy groups -OCH3 is 1. The number of nitriles is 1. The van der Waals surface area contributed by atoms with Gasteiger partial charge in [-0.3, -0.25) is 4.57 Å². The molecule has 4 heterocycles. The Morgan fingerprint density at radius 1 is 1.22 bits per heavy atom. The third-order valence-electron chi connectivity index (χ3n) is 5.82. The molecule has 0 unspecified atom stereocenters. The summed E-state index contributed by atoms with van der Waals surface area (Å²) < 4.78 is 39.5. The first-order valence-corrected chi connectivity index (χ1v) is 13.4. The molecule has 1 atom stereocenters. The van der Waals surface area contributed by atoms with Crippen LogP contribution in [0.4, 0.5) is 0 Å². The summed E-state index contributed by atoms with van der Waals surface area (Å²) in [4.78, 5) is 12.6. The van der Waals surface area contributed by atoms with Crippen LogP contribution in [-0.2, 0) is 22.0 Å². The van der Waals surface area contributed by atoms with E-state index in [1.54, 1.807) is 35.0 Å². The van der Waals surface area contributed by atoms with Gasteiger partial charge in [0.2, 0.25) is 0 Å². The molecule has 1 aromatic carbocycles. The smallest absolute Gasteiger partial charge is 0.190 e. The number of pyridine rings is 1. The zero-order chi connectivity index (χ0) is 26.0. The molecule has 0 saturated heterocycles. The molecule has 0 saturated carbocycles. The van der Waals surface area contributed by atoms with Crippen molar-refractivity contribution in [1.29, 1.82) is 5.26 Å². The third kappa shape index (κ3) is 5.09. The SMILES string of the molecule is COc1ccnc2c1OC[C@H](c1cccc(C#N)c1)n1c(CS(=O)(=O)CCc3ncc(Cl)cn3)nnc1-2. The van der Waals surface area contributed by atoms with Gasteiger partial charge in [0.15, 0.2) is 32.9 Å². The number of fused-ring (bicyclic) bond motifs is 3. The predicted octanol–water partition coefficient (Wildman–Crippen LogP) is 2.80. The van der Waals surface area contributed by atoms with E-state index < -0.39 is 15.9 Å². The minimum atomic E-state index is -3.64. The molecule has 0 aliphatic carbocycles. The van der Waals surface area contributed by atoms with Crippen LogP contribution in [0.5, 0.6) is 11.5 Å². The minimum Gasteiger partial charge on any atom is -0.493 e. The number of nitrogens with zero attached hydrogens (tertiary/aromatic N) is 7. The van der Waals surface area contributed by atoms with Gasteiger partial charge in [0.1, 0.15) is 24.0 Å². The second-order valence-electron chi connectivity index (χ2n) is 8.22. The number of halogens is 1. The highest BCUT2D eigenvalue weighted by molar-refractivity contribution is 7.90. The topological polar surface area (TPSA) is 146 Å². The molecule has 0 bridgehead atoms. The fourth-order valence-electron chi connectivity index (χ4n) is 4.08. The Morgan fingerprint density at radius 3 is 2.78 bits per heavy atom. The summed E-state index contributed by atoms with van der Waals surface area (Å²) in [6, 6.07) is 10.3. The van der Waals surface area contributed by atoms with Crippen LogP contribution >= 0.6 is 11.6 Å². The maximum Gasteiger partial charge on any atom is 0.190 e. The van der Waals surface area contributed by atoms with E-state index in [1.165, 1.54) is 19.5 Å². The van der Waals surface area contributed by atoms with Gasteiger partial charge in [-0.15, -0.1) is 10.2 Å². The predicted molar refractivity (Wildman–Crippen MR) is 133 cm³/mol. The Morgan fingerprint density at radius 2 is 2.03 bits per heavy atom. The Labute approximate surface area is 217 Å². The number of hydrogen-bond donors (Lipinski definition) is 0. The molecular formula is C24H20ClN7O4S. The van der Waals surface area contributed by atoms with E-state index in [-0.39, 0.29) is 30.4 Å². The molecule has 13 heteroatoms. The summed E-state index contributed by atoms with van der Waals surface area (Å²) >= 11 is 5.81. The normalized spacial score (nSPS) is 14.6. The van der Waals surface area contributed by atoms with Crippen LogP contribution in [0.15, 0.2) is 48.9 Å². The number of hydrogen-bond acceptors (Lipinski definition) is 10. The molecule has 11 nitrogen and oxygen atoms in total. The molecule has 37 heavy (non-hydrogen) atoms. The van der Waals surface area contributed by atoms with Gasteiger partial charge in [-0.1, -0.05) is 23.7 Å². The van der Waals surface area contributed by atoms with Gasteiger partial charge >= 0.3 is 0 Å². The van der Waals surface area contributed by atoms with Crippen LogP contribution in [0.2, 0.25) is 5.02 Å². The summed E-state index contributed by atoms with van der Waals surface area (Å²) in [5, 5.41) is 18.4. The van der Waals surface area contributed by atoms with Crippen molar-refractivity contribution in [1.82, 2.24) is 29.7 Å². The first-order valence-electron chi connectivity index (χ1n) is 11.2.